The summed E-state index contributed by atoms with van der Waals surface area (Å²) in [4.78, 5) is 24.3. The van der Waals surface area contributed by atoms with Crippen LogP contribution in [-0.4, -0.2) is 36.5 Å². The number of carbonyl (C=O) groups is 2. The number of rotatable bonds is 7. The van der Waals surface area contributed by atoms with E-state index >= 15 is 0 Å². The largest absolute Gasteiger partial charge is 0.573 e. The molecule has 30 heavy (non-hydrogen) atoms. The number of carbonyl (C=O) groups excluding carboxylic acids is 2. The number of fused-ring (bicyclic) bond motifs is 1. The Hall–Kier alpha value is -3.49. The van der Waals surface area contributed by atoms with E-state index < -0.39 is 12.3 Å². The number of halogens is 3. The number of amides is 1. The molecule has 0 saturated heterocycles. The van der Waals surface area contributed by atoms with Gasteiger partial charge in [0.25, 0.3) is 0 Å². The third-order valence-electron chi connectivity index (χ3n) is 4.40. The molecular formula is C21H19F3N2O4. The van der Waals surface area contributed by atoms with Gasteiger partial charge >= 0.3 is 12.3 Å². The van der Waals surface area contributed by atoms with Gasteiger partial charge in [-0.3, -0.25) is 4.79 Å². The first-order chi connectivity index (χ1) is 14.3. The Labute approximate surface area is 170 Å². The lowest BCUT2D eigenvalue weighted by molar-refractivity contribution is -0.274. The van der Waals surface area contributed by atoms with Crippen LogP contribution in [0.4, 0.5) is 13.2 Å². The molecule has 0 radical (unpaired) electrons. The van der Waals surface area contributed by atoms with Crippen molar-refractivity contribution in [1.82, 2.24) is 9.88 Å². The number of nitrogens with one attached hydrogen (secondary N) is 1. The van der Waals surface area contributed by atoms with Gasteiger partial charge in [0.1, 0.15) is 12.3 Å². The third kappa shape index (κ3) is 5.31. The van der Waals surface area contributed by atoms with Gasteiger partial charge in [0.2, 0.25) is 5.91 Å². The summed E-state index contributed by atoms with van der Waals surface area (Å²) in [5.41, 5.74) is 1.86. The Kier molecular flexibility index (Phi) is 6.29. The molecule has 6 nitrogen and oxygen atoms in total. The number of nitrogens with zero attached hydrogens (tertiary/aromatic N) is 1. The molecule has 9 heteroatoms. The molecule has 1 aromatic heterocycles. The maximum Gasteiger partial charge on any atom is 0.573 e. The van der Waals surface area contributed by atoms with Gasteiger partial charge in [0.05, 0.1) is 12.7 Å². The van der Waals surface area contributed by atoms with E-state index in [1.165, 1.54) is 31.4 Å². The van der Waals surface area contributed by atoms with Crippen LogP contribution in [-0.2, 0) is 22.5 Å². The topological polar surface area (TPSA) is 69.6 Å². The summed E-state index contributed by atoms with van der Waals surface area (Å²) in [5, 5.41) is 3.46. The second-order valence-corrected chi connectivity index (χ2v) is 6.47. The van der Waals surface area contributed by atoms with E-state index in [0.29, 0.717) is 23.9 Å². The Bertz CT molecular complexity index is 1040. The number of hydrogen-bond acceptors (Lipinski definition) is 4. The molecule has 0 aliphatic heterocycles. The molecule has 1 amide bonds. The van der Waals surface area contributed by atoms with E-state index in [1.807, 2.05) is 6.07 Å². The maximum atomic E-state index is 12.3. The zero-order valence-corrected chi connectivity index (χ0v) is 16.0. The van der Waals surface area contributed by atoms with Gasteiger partial charge < -0.3 is 19.4 Å². The number of ether oxygens (including phenoxy) is 2. The van der Waals surface area contributed by atoms with Gasteiger partial charge in [-0.25, -0.2) is 4.79 Å². The lowest BCUT2D eigenvalue weighted by Gasteiger charge is -2.10. The number of hydrogen-bond donors (Lipinski definition) is 1. The molecule has 0 unspecified atom stereocenters. The van der Waals surface area contributed by atoms with Crippen molar-refractivity contribution in [1.29, 1.82) is 0 Å². The average Bonchev–Trinajstić information content (AvgIpc) is 3.06. The van der Waals surface area contributed by atoms with Crippen LogP contribution in [0.3, 0.4) is 0 Å². The highest BCUT2D eigenvalue weighted by Crippen LogP contribution is 2.23. The normalized spacial score (nSPS) is 11.3. The number of alkyl halides is 3. The highest BCUT2D eigenvalue weighted by atomic mass is 19.4. The van der Waals surface area contributed by atoms with Crippen molar-refractivity contribution in [3.05, 3.63) is 65.9 Å². The molecule has 1 heterocycles. The lowest BCUT2D eigenvalue weighted by atomic mass is 10.1. The minimum atomic E-state index is -4.73. The fourth-order valence-electron chi connectivity index (χ4n) is 3.06. The summed E-state index contributed by atoms with van der Waals surface area (Å²) in [7, 11) is 1.29. The fraction of sp³-hybridized carbons (Fsp3) is 0.238. The van der Waals surface area contributed by atoms with Gasteiger partial charge in [-0.15, -0.1) is 13.2 Å². The first-order valence-electron chi connectivity index (χ1n) is 9.04. The maximum absolute atomic E-state index is 12.3. The van der Waals surface area contributed by atoms with Crippen LogP contribution >= 0.6 is 0 Å². The van der Waals surface area contributed by atoms with Crippen molar-refractivity contribution in [3.63, 3.8) is 0 Å². The molecule has 1 N–H and O–H groups in total. The summed E-state index contributed by atoms with van der Waals surface area (Å²) in [6, 6.07) is 12.7. The van der Waals surface area contributed by atoms with Crippen molar-refractivity contribution in [2.24, 2.45) is 0 Å². The Morgan fingerprint density at radius 3 is 2.43 bits per heavy atom. The fourth-order valence-corrected chi connectivity index (χ4v) is 3.06. The summed E-state index contributed by atoms with van der Waals surface area (Å²) < 4.78 is 46.8. The molecule has 0 atom stereocenters. The minimum absolute atomic E-state index is 0.00979. The molecule has 0 aliphatic rings. The highest BCUT2D eigenvalue weighted by Gasteiger charge is 2.30. The number of para-hydroxylation sites is 1. The molecular weight excluding hydrogens is 401 g/mol. The molecule has 0 aliphatic carbocycles. The quantitative estimate of drug-likeness (QED) is 0.592. The third-order valence-corrected chi connectivity index (χ3v) is 4.40. The first-order valence-corrected chi connectivity index (χ1v) is 9.04. The van der Waals surface area contributed by atoms with Crippen LogP contribution < -0.4 is 10.1 Å². The van der Waals surface area contributed by atoms with E-state index in [4.69, 9.17) is 4.74 Å². The number of esters is 1. The summed E-state index contributed by atoms with van der Waals surface area (Å²) in [6.45, 7) is 0.317. The Balaban J connectivity index is 1.57. The monoisotopic (exact) mass is 420 g/mol. The zero-order valence-electron chi connectivity index (χ0n) is 16.0. The van der Waals surface area contributed by atoms with E-state index in [-0.39, 0.29) is 18.2 Å². The van der Waals surface area contributed by atoms with Crippen LogP contribution in [0.2, 0.25) is 0 Å². The molecule has 0 spiro atoms. The minimum Gasteiger partial charge on any atom is -0.465 e. The van der Waals surface area contributed by atoms with Crippen molar-refractivity contribution in [3.8, 4) is 5.75 Å². The standard InChI is InChI=1S/C21H19F3N2O4/c1-29-20(28)17-12-26(18-5-3-2-4-16(17)18)13-19(27)25-11-10-14-6-8-15(9-7-14)30-21(22,23)24/h2-9,12H,10-11,13H2,1H3,(H,25,27). The number of methoxy groups -OCH3 is 1. The van der Waals surface area contributed by atoms with Crippen LogP contribution in [0.25, 0.3) is 10.9 Å². The van der Waals surface area contributed by atoms with E-state index in [9.17, 15) is 22.8 Å². The molecule has 0 saturated carbocycles. The van der Waals surface area contributed by atoms with E-state index in [2.05, 4.69) is 10.1 Å². The van der Waals surface area contributed by atoms with Gasteiger partial charge in [0, 0.05) is 23.6 Å². The summed E-state index contributed by atoms with van der Waals surface area (Å²) in [6.07, 6.45) is -2.71. The van der Waals surface area contributed by atoms with Crippen LogP contribution in [0.5, 0.6) is 5.75 Å². The molecule has 3 aromatic rings. The van der Waals surface area contributed by atoms with Crippen LogP contribution in [0.1, 0.15) is 15.9 Å². The number of aromatic nitrogens is 1. The van der Waals surface area contributed by atoms with Crippen LogP contribution in [0.15, 0.2) is 54.7 Å². The molecule has 158 valence electrons. The predicted molar refractivity (Wildman–Crippen MR) is 103 cm³/mol. The summed E-state index contributed by atoms with van der Waals surface area (Å²) >= 11 is 0. The summed E-state index contributed by atoms with van der Waals surface area (Å²) in [5.74, 6) is -1.04. The predicted octanol–water partition coefficient (Wildman–Crippen LogP) is 3.69. The Morgan fingerprint density at radius 2 is 1.77 bits per heavy atom. The van der Waals surface area contributed by atoms with Crippen molar-refractivity contribution >= 4 is 22.8 Å². The SMILES string of the molecule is COC(=O)c1cn(CC(=O)NCCc2ccc(OC(F)(F)F)cc2)c2ccccc12. The van der Waals surface area contributed by atoms with Crippen molar-refractivity contribution in [2.75, 3.05) is 13.7 Å². The van der Waals surface area contributed by atoms with E-state index in [1.54, 1.807) is 29.0 Å². The smallest absolute Gasteiger partial charge is 0.465 e. The van der Waals surface area contributed by atoms with Crippen molar-refractivity contribution < 1.29 is 32.2 Å². The molecule has 0 bridgehead atoms. The van der Waals surface area contributed by atoms with Gasteiger partial charge in [-0.2, -0.15) is 0 Å². The molecule has 2 aromatic carbocycles. The highest BCUT2D eigenvalue weighted by molar-refractivity contribution is 6.04. The Morgan fingerprint density at radius 1 is 1.07 bits per heavy atom. The second kappa shape index (κ2) is 8.89. The van der Waals surface area contributed by atoms with Gasteiger partial charge in [0.15, 0.2) is 0 Å². The zero-order chi connectivity index (χ0) is 21.7. The number of benzene rings is 2. The first kappa shape index (κ1) is 21.2. The second-order valence-electron chi connectivity index (χ2n) is 6.47. The molecule has 3 rings (SSSR count). The molecule has 0 fully saturated rings. The van der Waals surface area contributed by atoms with Gasteiger partial charge in [-0.1, -0.05) is 30.3 Å². The average molecular weight is 420 g/mol. The van der Waals surface area contributed by atoms with E-state index in [0.717, 1.165) is 11.1 Å². The van der Waals surface area contributed by atoms with Crippen LogP contribution in [0, 0.1) is 0 Å². The van der Waals surface area contributed by atoms with Gasteiger partial charge in [-0.05, 0) is 30.2 Å². The van der Waals surface area contributed by atoms with Crippen molar-refractivity contribution in [2.45, 2.75) is 19.3 Å². The lowest BCUT2D eigenvalue weighted by Crippen LogP contribution is -2.29.